The molecule has 1 amide bonds. The van der Waals surface area contributed by atoms with Crippen molar-refractivity contribution in [2.75, 3.05) is 18.0 Å². The van der Waals surface area contributed by atoms with Gasteiger partial charge >= 0.3 is 5.63 Å². The molecule has 5 nitrogen and oxygen atoms in total. The van der Waals surface area contributed by atoms with Gasteiger partial charge in [-0.15, -0.1) is 0 Å². The number of anilines is 1. The van der Waals surface area contributed by atoms with Crippen molar-refractivity contribution in [3.63, 3.8) is 0 Å². The number of hydrogen-bond donors (Lipinski definition) is 1. The number of hydrogen-bond acceptors (Lipinski definition) is 4. The first-order chi connectivity index (χ1) is 10.1. The number of rotatable bonds is 1. The van der Waals surface area contributed by atoms with Crippen LogP contribution in [0.5, 0.6) is 0 Å². The summed E-state index contributed by atoms with van der Waals surface area (Å²) in [5.74, 6) is -0.737. The van der Waals surface area contributed by atoms with Gasteiger partial charge in [0.15, 0.2) is 0 Å². The van der Waals surface area contributed by atoms with Gasteiger partial charge in [0.25, 0.3) is 5.91 Å². The highest BCUT2D eigenvalue weighted by molar-refractivity contribution is 5.97. The predicted octanol–water partition coefficient (Wildman–Crippen LogP) is 1.59. The molecule has 108 valence electrons. The Kier molecular flexibility index (Phi) is 2.58. The van der Waals surface area contributed by atoms with Crippen LogP contribution in [-0.4, -0.2) is 19.0 Å². The zero-order valence-electron chi connectivity index (χ0n) is 11.6. The fraction of sp³-hybridized carbons (Fsp3) is 0.375. The molecule has 0 radical (unpaired) electrons. The minimum absolute atomic E-state index is 0.0712. The summed E-state index contributed by atoms with van der Waals surface area (Å²) < 4.78 is 5.44. The van der Waals surface area contributed by atoms with Gasteiger partial charge in [0.1, 0.15) is 11.1 Å². The molecule has 2 N–H and O–H groups in total. The van der Waals surface area contributed by atoms with Crippen LogP contribution >= 0.6 is 0 Å². The smallest absolute Gasteiger partial charge is 0.349 e. The maximum atomic E-state index is 11.9. The Morgan fingerprint density at radius 2 is 1.95 bits per heavy atom. The Morgan fingerprint density at radius 1 is 1.19 bits per heavy atom. The molecule has 1 aromatic heterocycles. The quantitative estimate of drug-likeness (QED) is 0.807. The molecule has 0 spiro atoms. The molecule has 2 aliphatic rings. The third kappa shape index (κ3) is 1.77. The molecule has 0 fully saturated rings. The summed E-state index contributed by atoms with van der Waals surface area (Å²) in [5.41, 5.74) is 8.79. The Morgan fingerprint density at radius 3 is 2.71 bits per heavy atom. The largest absolute Gasteiger partial charge is 0.422 e. The van der Waals surface area contributed by atoms with Crippen LogP contribution in [0.2, 0.25) is 0 Å². The minimum Gasteiger partial charge on any atom is -0.422 e. The van der Waals surface area contributed by atoms with Gasteiger partial charge in [-0.3, -0.25) is 4.79 Å². The summed E-state index contributed by atoms with van der Waals surface area (Å²) in [7, 11) is 0. The first-order valence-corrected chi connectivity index (χ1v) is 7.32. The third-order valence-corrected chi connectivity index (χ3v) is 4.48. The van der Waals surface area contributed by atoms with Gasteiger partial charge < -0.3 is 15.1 Å². The molecule has 0 bridgehead atoms. The second kappa shape index (κ2) is 4.35. The van der Waals surface area contributed by atoms with Crippen molar-refractivity contribution < 1.29 is 9.21 Å². The number of benzene rings is 1. The summed E-state index contributed by atoms with van der Waals surface area (Å²) in [6.45, 7) is 2.13. The van der Waals surface area contributed by atoms with E-state index in [0.717, 1.165) is 49.7 Å². The van der Waals surface area contributed by atoms with E-state index in [9.17, 15) is 9.59 Å². The van der Waals surface area contributed by atoms with Gasteiger partial charge in [-0.05, 0) is 43.4 Å². The normalized spacial score (nSPS) is 16.9. The summed E-state index contributed by atoms with van der Waals surface area (Å²) in [5, 5.41) is 0.806. The second-order valence-electron chi connectivity index (χ2n) is 5.79. The number of nitrogens with two attached hydrogens (primary N) is 1. The fourth-order valence-corrected chi connectivity index (χ4v) is 3.62. The average Bonchev–Trinajstić information content (AvgIpc) is 2.48. The first kappa shape index (κ1) is 12.4. The topological polar surface area (TPSA) is 76.5 Å². The molecular formula is C16H16N2O3. The van der Waals surface area contributed by atoms with Crippen molar-refractivity contribution in [2.45, 2.75) is 25.7 Å². The summed E-state index contributed by atoms with van der Waals surface area (Å²) >= 11 is 0. The minimum atomic E-state index is -0.737. The highest BCUT2D eigenvalue weighted by atomic mass is 16.4. The molecule has 2 aromatic rings. The van der Waals surface area contributed by atoms with E-state index in [1.807, 2.05) is 6.07 Å². The fourth-order valence-electron chi connectivity index (χ4n) is 3.62. The van der Waals surface area contributed by atoms with E-state index in [-0.39, 0.29) is 5.56 Å². The van der Waals surface area contributed by atoms with Gasteiger partial charge in [-0.25, -0.2) is 4.79 Å². The molecule has 0 aliphatic carbocycles. The number of carbonyl (C=O) groups is 1. The number of nitrogens with zero attached hydrogens (tertiary/aromatic N) is 1. The SMILES string of the molecule is NC(=O)c1cc2cc3c4c(c2oc1=O)CCCN4CCC3. The Hall–Kier alpha value is -2.30. The van der Waals surface area contributed by atoms with Gasteiger partial charge in [0, 0.05) is 29.7 Å². The maximum Gasteiger partial charge on any atom is 0.349 e. The molecule has 3 heterocycles. The van der Waals surface area contributed by atoms with E-state index in [0.29, 0.717) is 5.58 Å². The second-order valence-corrected chi connectivity index (χ2v) is 5.79. The van der Waals surface area contributed by atoms with E-state index in [4.69, 9.17) is 10.2 Å². The zero-order chi connectivity index (χ0) is 14.6. The van der Waals surface area contributed by atoms with E-state index in [2.05, 4.69) is 4.90 Å². The van der Waals surface area contributed by atoms with Crippen molar-refractivity contribution >= 4 is 22.6 Å². The monoisotopic (exact) mass is 284 g/mol. The number of amides is 1. The maximum absolute atomic E-state index is 11.9. The van der Waals surface area contributed by atoms with Crippen LogP contribution in [0.25, 0.3) is 11.0 Å². The molecule has 1 aromatic carbocycles. The summed E-state index contributed by atoms with van der Waals surface area (Å²) in [4.78, 5) is 25.6. The van der Waals surface area contributed by atoms with E-state index < -0.39 is 11.5 Å². The van der Waals surface area contributed by atoms with Gasteiger partial charge in [-0.1, -0.05) is 0 Å². The Bertz CT molecular complexity index is 820. The molecule has 21 heavy (non-hydrogen) atoms. The van der Waals surface area contributed by atoms with E-state index in [1.54, 1.807) is 6.07 Å². The predicted molar refractivity (Wildman–Crippen MR) is 79.9 cm³/mol. The van der Waals surface area contributed by atoms with Crippen molar-refractivity contribution in [1.82, 2.24) is 0 Å². The lowest BCUT2D eigenvalue weighted by Crippen LogP contribution is -2.34. The molecule has 5 heteroatoms. The molecule has 0 unspecified atom stereocenters. The molecule has 0 atom stereocenters. The van der Waals surface area contributed by atoms with Gasteiger partial charge in [0.2, 0.25) is 0 Å². The lowest BCUT2D eigenvalue weighted by Gasteiger charge is -2.37. The number of aryl methyl sites for hydroxylation is 2. The summed E-state index contributed by atoms with van der Waals surface area (Å²) in [6.07, 6.45) is 4.14. The Labute approximate surface area is 121 Å². The molecule has 4 rings (SSSR count). The third-order valence-electron chi connectivity index (χ3n) is 4.48. The van der Waals surface area contributed by atoms with Crippen molar-refractivity contribution in [2.24, 2.45) is 5.73 Å². The van der Waals surface area contributed by atoms with Crippen LogP contribution in [-0.2, 0) is 12.8 Å². The van der Waals surface area contributed by atoms with Gasteiger partial charge in [-0.2, -0.15) is 0 Å². The van der Waals surface area contributed by atoms with Crippen LogP contribution in [0.3, 0.4) is 0 Å². The van der Waals surface area contributed by atoms with Crippen LogP contribution in [0.1, 0.15) is 34.3 Å². The lowest BCUT2D eigenvalue weighted by molar-refractivity contribution is 0.0997. The lowest BCUT2D eigenvalue weighted by atomic mass is 9.90. The van der Waals surface area contributed by atoms with Crippen LogP contribution in [0.15, 0.2) is 21.3 Å². The number of fused-ring (bicyclic) bond motifs is 2. The highest BCUT2D eigenvalue weighted by Gasteiger charge is 2.27. The van der Waals surface area contributed by atoms with Crippen LogP contribution < -0.4 is 16.3 Å². The van der Waals surface area contributed by atoms with Crippen LogP contribution in [0, 0.1) is 0 Å². The number of primary amides is 1. The van der Waals surface area contributed by atoms with Crippen molar-refractivity contribution in [1.29, 1.82) is 0 Å². The number of carbonyl (C=O) groups excluding carboxylic acids is 1. The van der Waals surface area contributed by atoms with Crippen LogP contribution in [0.4, 0.5) is 5.69 Å². The first-order valence-electron chi connectivity index (χ1n) is 7.32. The standard InChI is InChI=1S/C16H16N2O3/c17-15(19)12-8-10-7-9-3-1-5-18-6-2-4-11(13(9)18)14(10)21-16(12)20/h7-8H,1-6H2,(H2,17,19). The molecule has 0 saturated heterocycles. The van der Waals surface area contributed by atoms with Crippen molar-refractivity contribution in [3.05, 3.63) is 39.2 Å². The zero-order valence-corrected chi connectivity index (χ0v) is 11.6. The molecule has 2 aliphatic heterocycles. The molecular weight excluding hydrogens is 268 g/mol. The van der Waals surface area contributed by atoms with Crippen molar-refractivity contribution in [3.8, 4) is 0 Å². The van der Waals surface area contributed by atoms with E-state index in [1.165, 1.54) is 11.3 Å². The highest BCUT2D eigenvalue weighted by Crippen LogP contribution is 2.39. The molecule has 0 saturated carbocycles. The summed E-state index contributed by atoms with van der Waals surface area (Å²) in [6, 6.07) is 3.62. The average molecular weight is 284 g/mol. The Balaban J connectivity index is 2.08. The van der Waals surface area contributed by atoms with Gasteiger partial charge in [0.05, 0.1) is 0 Å². The van der Waals surface area contributed by atoms with E-state index >= 15 is 0 Å².